The smallest absolute Gasteiger partial charge is 0.279 e. The Kier molecular flexibility index (Phi) is 2.25. The topological polar surface area (TPSA) is 70.9 Å². The number of aromatic nitrogens is 4. The highest BCUT2D eigenvalue weighted by molar-refractivity contribution is 6.22. The van der Waals surface area contributed by atoms with Gasteiger partial charge in [0.15, 0.2) is 11.2 Å². The minimum atomic E-state index is -0.795. The Morgan fingerprint density at radius 1 is 0.875 bits per heavy atom. The van der Waals surface area contributed by atoms with Gasteiger partial charge in [0.25, 0.3) is 5.56 Å². The SMILES string of the molecule is Cn1c(=O)c2c(n(C)c1=O)n(Cl)c(=O)n2Cl. The van der Waals surface area contributed by atoms with Crippen molar-refractivity contribution in [2.75, 3.05) is 0 Å². The van der Waals surface area contributed by atoms with Crippen LogP contribution in [-0.4, -0.2) is 17.3 Å². The highest BCUT2D eigenvalue weighted by Gasteiger charge is 2.19. The average Bonchev–Trinajstić information content (AvgIpc) is 2.48. The van der Waals surface area contributed by atoms with E-state index < -0.39 is 16.9 Å². The summed E-state index contributed by atoms with van der Waals surface area (Å²) in [6, 6.07) is 0. The van der Waals surface area contributed by atoms with Crippen molar-refractivity contribution in [3.63, 3.8) is 0 Å². The van der Waals surface area contributed by atoms with E-state index in [9.17, 15) is 14.4 Å². The third-order valence-electron chi connectivity index (χ3n) is 2.33. The molecular formula is C7H6Cl2N4O3. The second kappa shape index (κ2) is 3.26. The Morgan fingerprint density at radius 2 is 1.44 bits per heavy atom. The first kappa shape index (κ1) is 11.0. The van der Waals surface area contributed by atoms with Crippen molar-refractivity contribution in [2.45, 2.75) is 0 Å². The highest BCUT2D eigenvalue weighted by Crippen LogP contribution is 2.07. The largest absolute Gasteiger partial charge is 0.360 e. The van der Waals surface area contributed by atoms with Gasteiger partial charge in [-0.15, -0.1) is 0 Å². The van der Waals surface area contributed by atoms with Gasteiger partial charge in [0.2, 0.25) is 0 Å². The lowest BCUT2D eigenvalue weighted by molar-refractivity contribution is 0.706. The zero-order chi connectivity index (χ0) is 12.2. The van der Waals surface area contributed by atoms with Gasteiger partial charge in [0.05, 0.1) is 0 Å². The van der Waals surface area contributed by atoms with E-state index in [2.05, 4.69) is 0 Å². The minimum Gasteiger partial charge on any atom is -0.279 e. The lowest BCUT2D eigenvalue weighted by Gasteiger charge is -2.03. The van der Waals surface area contributed by atoms with Gasteiger partial charge in [-0.1, -0.05) is 0 Å². The minimum absolute atomic E-state index is 0.0326. The molecule has 2 heterocycles. The summed E-state index contributed by atoms with van der Waals surface area (Å²) < 4.78 is 3.14. The standard InChI is InChI=1S/C7H6Cl2N4O3/c1-10-4-3(5(14)11(2)6(10)15)12(8)7(16)13(4)9/h1-2H3. The molecule has 0 fully saturated rings. The summed E-state index contributed by atoms with van der Waals surface area (Å²) in [7, 11) is 2.68. The maximum absolute atomic E-state index is 11.7. The van der Waals surface area contributed by atoms with Gasteiger partial charge in [0.1, 0.15) is 0 Å². The molecule has 0 aliphatic heterocycles. The summed E-state index contributed by atoms with van der Waals surface area (Å²) in [5.41, 5.74) is -2.23. The van der Waals surface area contributed by atoms with E-state index in [1.165, 1.54) is 14.1 Å². The van der Waals surface area contributed by atoms with E-state index in [1.807, 2.05) is 0 Å². The molecule has 0 N–H and O–H groups in total. The van der Waals surface area contributed by atoms with E-state index in [-0.39, 0.29) is 11.2 Å². The van der Waals surface area contributed by atoms with E-state index in [4.69, 9.17) is 23.6 Å². The van der Waals surface area contributed by atoms with Crippen molar-refractivity contribution in [1.82, 2.24) is 17.3 Å². The predicted molar refractivity (Wildman–Crippen MR) is 59.2 cm³/mol. The first-order chi connectivity index (χ1) is 7.37. The quantitative estimate of drug-likeness (QED) is 0.626. The molecule has 0 saturated heterocycles. The fourth-order valence-electron chi connectivity index (χ4n) is 1.48. The van der Waals surface area contributed by atoms with E-state index in [0.717, 1.165) is 9.13 Å². The molecule has 0 saturated carbocycles. The number of hydrogen-bond donors (Lipinski definition) is 0. The maximum atomic E-state index is 11.7. The molecule has 0 aliphatic rings. The highest BCUT2D eigenvalue weighted by atomic mass is 35.5. The summed E-state index contributed by atoms with van der Waals surface area (Å²) in [5.74, 6) is 0. The van der Waals surface area contributed by atoms with Crippen LogP contribution in [0.25, 0.3) is 11.2 Å². The van der Waals surface area contributed by atoms with Crippen LogP contribution in [0.2, 0.25) is 0 Å². The van der Waals surface area contributed by atoms with Gasteiger partial charge >= 0.3 is 11.4 Å². The van der Waals surface area contributed by atoms with E-state index >= 15 is 0 Å². The number of aryl methyl sites for hydroxylation is 1. The summed E-state index contributed by atoms with van der Waals surface area (Å²) >= 11 is 11.3. The van der Waals surface area contributed by atoms with Crippen LogP contribution in [0.1, 0.15) is 0 Å². The molecule has 0 unspecified atom stereocenters. The molecule has 2 rings (SSSR count). The molecule has 0 aliphatic carbocycles. The number of imidazole rings is 1. The molecule has 9 heteroatoms. The molecule has 2 aromatic heterocycles. The van der Waals surface area contributed by atoms with Gasteiger partial charge < -0.3 is 0 Å². The fourth-order valence-corrected chi connectivity index (χ4v) is 2.01. The number of hydrogen-bond acceptors (Lipinski definition) is 3. The van der Waals surface area contributed by atoms with Crippen LogP contribution in [-0.2, 0) is 14.1 Å². The molecular weight excluding hydrogens is 259 g/mol. The Hall–Kier alpha value is -1.47. The first-order valence-electron chi connectivity index (χ1n) is 4.13. The molecule has 0 spiro atoms. The average molecular weight is 265 g/mol. The number of fused-ring (bicyclic) bond motifs is 1. The fraction of sp³-hybridized carbons (Fsp3) is 0.286. The molecule has 0 radical (unpaired) electrons. The molecule has 0 bridgehead atoms. The molecule has 0 amide bonds. The van der Waals surface area contributed by atoms with E-state index in [1.54, 1.807) is 0 Å². The molecule has 0 aromatic carbocycles. The van der Waals surface area contributed by atoms with Gasteiger partial charge in [-0.3, -0.25) is 13.9 Å². The summed E-state index contributed by atoms with van der Waals surface area (Å²) in [6.45, 7) is 0. The Morgan fingerprint density at radius 3 is 2.00 bits per heavy atom. The van der Waals surface area contributed by atoms with Crippen molar-refractivity contribution in [2.24, 2.45) is 14.1 Å². The third kappa shape index (κ3) is 1.12. The maximum Gasteiger partial charge on any atom is 0.360 e. The number of halogens is 2. The van der Waals surface area contributed by atoms with Gasteiger partial charge in [-0.05, 0) is 0 Å². The van der Waals surface area contributed by atoms with Crippen molar-refractivity contribution >= 4 is 34.7 Å². The Labute approximate surface area is 97.9 Å². The normalized spacial score (nSPS) is 11.2. The number of nitrogens with zero attached hydrogens (tertiary/aromatic N) is 4. The van der Waals surface area contributed by atoms with Crippen molar-refractivity contribution in [3.05, 3.63) is 31.3 Å². The van der Waals surface area contributed by atoms with Crippen LogP contribution in [0, 0.1) is 0 Å². The van der Waals surface area contributed by atoms with Crippen molar-refractivity contribution in [1.29, 1.82) is 0 Å². The summed E-state index contributed by atoms with van der Waals surface area (Å²) in [5, 5.41) is 0. The van der Waals surface area contributed by atoms with Crippen LogP contribution in [0.15, 0.2) is 14.4 Å². The van der Waals surface area contributed by atoms with Gasteiger partial charge in [-0.2, -0.15) is 8.17 Å². The van der Waals surface area contributed by atoms with Crippen LogP contribution in [0.5, 0.6) is 0 Å². The van der Waals surface area contributed by atoms with Gasteiger partial charge in [0, 0.05) is 37.6 Å². The number of rotatable bonds is 0. The second-order valence-electron chi connectivity index (χ2n) is 3.22. The van der Waals surface area contributed by atoms with Gasteiger partial charge in [-0.25, -0.2) is 9.59 Å². The predicted octanol–water partition coefficient (Wildman–Crippen LogP) is -0.796. The summed E-state index contributed by atoms with van der Waals surface area (Å²) in [4.78, 5) is 34.7. The molecule has 0 atom stereocenters. The summed E-state index contributed by atoms with van der Waals surface area (Å²) in [6.07, 6.45) is 0. The molecule has 16 heavy (non-hydrogen) atoms. The lowest BCUT2D eigenvalue weighted by atomic mass is 10.5. The molecule has 86 valence electrons. The molecule has 2 aromatic rings. The van der Waals surface area contributed by atoms with Crippen LogP contribution in [0.3, 0.4) is 0 Å². The van der Waals surface area contributed by atoms with Crippen LogP contribution in [0.4, 0.5) is 0 Å². The zero-order valence-electron chi connectivity index (χ0n) is 8.27. The van der Waals surface area contributed by atoms with Crippen LogP contribution >= 0.6 is 23.6 Å². The van der Waals surface area contributed by atoms with Crippen LogP contribution < -0.4 is 16.9 Å². The van der Waals surface area contributed by atoms with Crippen molar-refractivity contribution < 1.29 is 0 Å². The lowest BCUT2D eigenvalue weighted by Crippen LogP contribution is -2.37. The molecule has 7 nitrogen and oxygen atoms in total. The van der Waals surface area contributed by atoms with Crippen molar-refractivity contribution in [3.8, 4) is 0 Å². The third-order valence-corrected chi connectivity index (χ3v) is 2.95. The monoisotopic (exact) mass is 264 g/mol. The Bertz CT molecular complexity index is 763. The zero-order valence-corrected chi connectivity index (χ0v) is 9.78. The van der Waals surface area contributed by atoms with E-state index in [0.29, 0.717) is 8.17 Å². The Balaban J connectivity index is 3.36. The first-order valence-corrected chi connectivity index (χ1v) is 4.81. The second-order valence-corrected chi connectivity index (χ2v) is 3.90.